The van der Waals surface area contributed by atoms with E-state index in [-0.39, 0.29) is 19.8 Å². The predicted octanol–water partition coefficient (Wildman–Crippen LogP) is -2.91. The number of carboxylic acid groups (broad SMARTS) is 1. The van der Waals surface area contributed by atoms with Gasteiger partial charge in [0.2, 0.25) is 0 Å². The second kappa shape index (κ2) is 17.4. The van der Waals surface area contributed by atoms with Gasteiger partial charge >= 0.3 is 0 Å². The number of hydrogen-bond acceptors (Lipinski definition) is 6. The fourth-order valence-electron chi connectivity index (χ4n) is 0.0577. The third kappa shape index (κ3) is 89.5. The Labute approximate surface area is 77.1 Å². The molecular formula is C7H17O6-. The van der Waals surface area contributed by atoms with Gasteiger partial charge in [-0.05, 0) is 13.8 Å². The normalized spacial score (nSPS) is 7.92. The highest BCUT2D eigenvalue weighted by Crippen LogP contribution is 1.71. The molecular weight excluding hydrogens is 180 g/mol. The molecule has 0 atom stereocenters. The van der Waals surface area contributed by atoms with E-state index in [4.69, 9.17) is 30.3 Å². The van der Waals surface area contributed by atoms with Crippen LogP contribution in [0.3, 0.4) is 0 Å². The lowest BCUT2D eigenvalue weighted by Crippen LogP contribution is -2.16. The monoisotopic (exact) mass is 197 g/mol. The minimum absolute atomic E-state index is 0.250. The number of aliphatic carboxylic acids is 1. The van der Waals surface area contributed by atoms with Crippen LogP contribution in [0.4, 0.5) is 0 Å². The van der Waals surface area contributed by atoms with Crippen LogP contribution in [0.1, 0.15) is 13.8 Å². The summed E-state index contributed by atoms with van der Waals surface area (Å²) in [6.07, 6.45) is -0.954. The standard InChI is InChI=1S/C3H8O3.C2H4O2.C2H6O/c4-1-3(6)2-5;1-2(3)4;1-2-3/h3-6H,1-2H2;1H3,(H,3,4);3H,2H2,1H3/p-1. The number of carbonyl (C=O) groups is 1. The van der Waals surface area contributed by atoms with Crippen LogP contribution in [-0.4, -0.2) is 52.3 Å². The van der Waals surface area contributed by atoms with E-state index in [9.17, 15) is 0 Å². The van der Waals surface area contributed by atoms with Gasteiger partial charge in [-0.15, -0.1) is 0 Å². The molecule has 13 heavy (non-hydrogen) atoms. The van der Waals surface area contributed by atoms with Gasteiger partial charge in [0.15, 0.2) is 0 Å². The summed E-state index contributed by atoms with van der Waals surface area (Å²) in [6, 6.07) is 0. The first-order valence-electron chi connectivity index (χ1n) is 3.64. The molecule has 82 valence electrons. The maximum Gasteiger partial charge on any atom is 0.100 e. The van der Waals surface area contributed by atoms with Gasteiger partial charge in [-0.25, -0.2) is 0 Å². The van der Waals surface area contributed by atoms with Crippen LogP contribution in [0.5, 0.6) is 0 Å². The lowest BCUT2D eigenvalue weighted by molar-refractivity contribution is -0.302. The molecule has 6 nitrogen and oxygen atoms in total. The average molecular weight is 197 g/mol. The summed E-state index contributed by atoms with van der Waals surface area (Å²) in [5.74, 6) is -1.08. The summed E-state index contributed by atoms with van der Waals surface area (Å²) in [5, 5.41) is 40.5. The molecule has 0 aliphatic heterocycles. The first-order chi connectivity index (χ1) is 5.95. The zero-order valence-electron chi connectivity index (χ0n) is 7.80. The Hall–Kier alpha value is -0.690. The minimum atomic E-state index is -1.08. The van der Waals surface area contributed by atoms with Crippen molar-refractivity contribution in [1.82, 2.24) is 0 Å². The minimum Gasteiger partial charge on any atom is -0.550 e. The Bertz CT molecular complexity index is 87.0. The molecule has 0 aliphatic carbocycles. The Morgan fingerprint density at radius 2 is 1.46 bits per heavy atom. The van der Waals surface area contributed by atoms with E-state index in [1.165, 1.54) is 0 Å². The van der Waals surface area contributed by atoms with Crippen molar-refractivity contribution in [3.63, 3.8) is 0 Å². The van der Waals surface area contributed by atoms with E-state index in [0.717, 1.165) is 6.92 Å². The molecule has 0 amide bonds. The van der Waals surface area contributed by atoms with Crippen LogP contribution >= 0.6 is 0 Å². The molecule has 0 radical (unpaired) electrons. The molecule has 0 rings (SSSR count). The Balaban J connectivity index is -0.000000125. The molecule has 0 aliphatic rings. The molecule has 0 bridgehead atoms. The van der Waals surface area contributed by atoms with Crippen molar-refractivity contribution in [3.8, 4) is 0 Å². The van der Waals surface area contributed by atoms with Crippen LogP contribution < -0.4 is 5.11 Å². The summed E-state index contributed by atoms with van der Waals surface area (Å²) in [5.41, 5.74) is 0. The molecule has 0 saturated carbocycles. The molecule has 0 unspecified atom stereocenters. The lowest BCUT2D eigenvalue weighted by Gasteiger charge is -1.96. The van der Waals surface area contributed by atoms with Gasteiger partial charge < -0.3 is 30.3 Å². The van der Waals surface area contributed by atoms with Crippen molar-refractivity contribution in [2.75, 3.05) is 19.8 Å². The fraction of sp³-hybridized carbons (Fsp3) is 0.857. The van der Waals surface area contributed by atoms with Crippen LogP contribution in [0.2, 0.25) is 0 Å². The first-order valence-corrected chi connectivity index (χ1v) is 3.64. The van der Waals surface area contributed by atoms with Gasteiger partial charge in [0.25, 0.3) is 0 Å². The number of hydrogen-bond donors (Lipinski definition) is 4. The molecule has 0 fully saturated rings. The second-order valence-electron chi connectivity index (χ2n) is 1.83. The Kier molecular flexibility index (Phi) is 24.3. The van der Waals surface area contributed by atoms with Crippen molar-refractivity contribution in [3.05, 3.63) is 0 Å². The summed E-state index contributed by atoms with van der Waals surface area (Å²) in [4.78, 5) is 8.89. The van der Waals surface area contributed by atoms with Crippen LogP contribution in [0, 0.1) is 0 Å². The van der Waals surface area contributed by atoms with E-state index < -0.39 is 12.1 Å². The SMILES string of the molecule is CC(=O)[O-].CCO.OCC(O)CO. The quantitative estimate of drug-likeness (QED) is 0.376. The van der Waals surface area contributed by atoms with Crippen molar-refractivity contribution >= 4 is 5.97 Å². The molecule has 0 aromatic carbocycles. The van der Waals surface area contributed by atoms with Gasteiger partial charge in [0.05, 0.1) is 13.2 Å². The summed E-state index contributed by atoms with van der Waals surface area (Å²) in [7, 11) is 0. The molecule has 4 N–H and O–H groups in total. The summed E-state index contributed by atoms with van der Waals surface area (Å²) >= 11 is 0. The lowest BCUT2D eigenvalue weighted by atomic mass is 10.4. The highest BCUT2D eigenvalue weighted by Gasteiger charge is 1.93. The Morgan fingerprint density at radius 3 is 1.46 bits per heavy atom. The predicted molar refractivity (Wildman–Crippen MR) is 43.6 cm³/mol. The van der Waals surface area contributed by atoms with Gasteiger partial charge in [-0.2, -0.15) is 0 Å². The van der Waals surface area contributed by atoms with E-state index in [2.05, 4.69) is 0 Å². The molecule has 0 heterocycles. The fourth-order valence-corrected chi connectivity index (χ4v) is 0.0577. The summed E-state index contributed by atoms with van der Waals surface area (Å²) in [6.45, 7) is 2.17. The highest BCUT2D eigenvalue weighted by atomic mass is 16.4. The molecule has 0 aromatic rings. The molecule has 0 aromatic heterocycles. The first kappa shape index (κ1) is 18.2. The zero-order chi connectivity index (χ0) is 11.3. The number of rotatable bonds is 2. The topological polar surface area (TPSA) is 121 Å². The van der Waals surface area contributed by atoms with Crippen LogP contribution in [-0.2, 0) is 4.79 Å². The van der Waals surface area contributed by atoms with Gasteiger partial charge in [0.1, 0.15) is 6.10 Å². The maximum atomic E-state index is 8.89. The van der Waals surface area contributed by atoms with Gasteiger partial charge in [-0.3, -0.25) is 0 Å². The van der Waals surface area contributed by atoms with Crippen molar-refractivity contribution in [1.29, 1.82) is 0 Å². The maximum absolute atomic E-state index is 8.89. The smallest absolute Gasteiger partial charge is 0.100 e. The summed E-state index contributed by atoms with van der Waals surface area (Å²) < 4.78 is 0. The zero-order valence-corrected chi connectivity index (χ0v) is 7.80. The highest BCUT2D eigenvalue weighted by molar-refractivity contribution is 5.60. The molecule has 0 spiro atoms. The number of aliphatic hydroxyl groups is 4. The van der Waals surface area contributed by atoms with Crippen LogP contribution in [0.25, 0.3) is 0 Å². The second-order valence-corrected chi connectivity index (χ2v) is 1.83. The van der Waals surface area contributed by atoms with E-state index in [1.807, 2.05) is 0 Å². The number of carbonyl (C=O) groups excluding carboxylic acids is 1. The van der Waals surface area contributed by atoms with Crippen molar-refractivity contribution in [2.45, 2.75) is 20.0 Å². The van der Waals surface area contributed by atoms with Crippen molar-refractivity contribution < 1.29 is 30.3 Å². The number of aliphatic hydroxyl groups excluding tert-OH is 4. The third-order valence-electron chi connectivity index (χ3n) is 0.421. The third-order valence-corrected chi connectivity index (χ3v) is 0.421. The largest absolute Gasteiger partial charge is 0.550 e. The molecule has 6 heteroatoms. The van der Waals surface area contributed by atoms with Gasteiger partial charge in [-0.1, -0.05) is 0 Å². The van der Waals surface area contributed by atoms with E-state index >= 15 is 0 Å². The van der Waals surface area contributed by atoms with Gasteiger partial charge in [0, 0.05) is 12.6 Å². The number of carboxylic acids is 1. The van der Waals surface area contributed by atoms with E-state index in [0.29, 0.717) is 0 Å². The Morgan fingerprint density at radius 1 is 1.31 bits per heavy atom. The van der Waals surface area contributed by atoms with Crippen LogP contribution in [0.15, 0.2) is 0 Å². The average Bonchev–Trinajstić information content (AvgIpc) is 2.03. The van der Waals surface area contributed by atoms with Crippen molar-refractivity contribution in [2.24, 2.45) is 0 Å². The molecule has 0 saturated heterocycles. The van der Waals surface area contributed by atoms with E-state index in [1.54, 1.807) is 6.92 Å².